The summed E-state index contributed by atoms with van der Waals surface area (Å²) in [5.74, 6) is -1.31. The van der Waals surface area contributed by atoms with Gasteiger partial charge in [-0.05, 0) is 54.1 Å². The molecule has 0 radical (unpaired) electrons. The van der Waals surface area contributed by atoms with Crippen molar-refractivity contribution >= 4 is 11.8 Å². The van der Waals surface area contributed by atoms with E-state index in [9.17, 15) is 14.0 Å². The summed E-state index contributed by atoms with van der Waals surface area (Å²) >= 11 is 0. The molecule has 0 saturated carbocycles. The number of carbonyl (C=O) groups excluding carboxylic acids is 2. The molecular weight excluding hydrogens is 359 g/mol. The van der Waals surface area contributed by atoms with E-state index in [0.29, 0.717) is 22.5 Å². The Morgan fingerprint density at radius 1 is 1.14 bits per heavy atom. The molecule has 0 aliphatic heterocycles. The predicted octanol–water partition coefficient (Wildman–Crippen LogP) is 2.85. The minimum atomic E-state index is -0.642. The van der Waals surface area contributed by atoms with Crippen molar-refractivity contribution in [1.29, 1.82) is 0 Å². The summed E-state index contributed by atoms with van der Waals surface area (Å²) in [7, 11) is 0. The van der Waals surface area contributed by atoms with Gasteiger partial charge in [0, 0.05) is 23.9 Å². The zero-order valence-electron chi connectivity index (χ0n) is 14.9. The maximum atomic E-state index is 13.2. The molecule has 0 saturated heterocycles. The number of nitrogens with one attached hydrogen (secondary N) is 1. The Bertz CT molecular complexity index is 1050. The second-order valence-electron chi connectivity index (χ2n) is 5.93. The summed E-state index contributed by atoms with van der Waals surface area (Å²) in [5.41, 5.74) is 8.63. The van der Waals surface area contributed by atoms with Crippen LogP contribution in [-0.4, -0.2) is 21.8 Å². The number of hydrogen-bond acceptors (Lipinski definition) is 4. The zero-order chi connectivity index (χ0) is 20.1. The number of nitrogens with zero attached hydrogens (tertiary/aromatic N) is 2. The van der Waals surface area contributed by atoms with E-state index < -0.39 is 5.91 Å². The largest absolute Gasteiger partial charge is 0.364 e. The van der Waals surface area contributed by atoms with E-state index in [1.165, 1.54) is 24.3 Å². The number of pyridine rings is 2. The first-order valence-corrected chi connectivity index (χ1v) is 8.40. The Morgan fingerprint density at radius 2 is 1.89 bits per heavy atom. The summed E-state index contributed by atoms with van der Waals surface area (Å²) in [6, 6.07) is 12.6. The number of carbonyl (C=O) groups is 2. The molecule has 2 aromatic heterocycles. The van der Waals surface area contributed by atoms with Gasteiger partial charge in [-0.3, -0.25) is 14.6 Å². The van der Waals surface area contributed by atoms with E-state index in [1.807, 2.05) is 0 Å². The van der Waals surface area contributed by atoms with Gasteiger partial charge in [0.1, 0.15) is 11.5 Å². The number of halogens is 1. The van der Waals surface area contributed by atoms with E-state index in [0.717, 1.165) is 5.56 Å². The zero-order valence-corrected chi connectivity index (χ0v) is 14.9. The molecule has 0 atom stereocenters. The first kappa shape index (κ1) is 18.9. The minimum Gasteiger partial charge on any atom is -0.364 e. The van der Waals surface area contributed by atoms with Crippen LogP contribution in [0, 0.1) is 5.82 Å². The second-order valence-corrected chi connectivity index (χ2v) is 5.93. The third-order valence-electron chi connectivity index (χ3n) is 4.04. The highest BCUT2D eigenvalue weighted by molar-refractivity contribution is 5.91. The summed E-state index contributed by atoms with van der Waals surface area (Å²) in [6.07, 6.45) is 2.78. The molecule has 6 nitrogen and oxygen atoms in total. The molecule has 3 aromatic rings. The Morgan fingerprint density at radius 3 is 2.57 bits per heavy atom. The van der Waals surface area contributed by atoms with Crippen LogP contribution in [0.3, 0.4) is 0 Å². The van der Waals surface area contributed by atoms with Gasteiger partial charge in [-0.15, -0.1) is 0 Å². The number of hydrogen-bond donors (Lipinski definition) is 2. The van der Waals surface area contributed by atoms with Gasteiger partial charge in [-0.25, -0.2) is 9.37 Å². The number of benzene rings is 1. The highest BCUT2D eigenvalue weighted by atomic mass is 19.1. The molecule has 0 aliphatic carbocycles. The fourth-order valence-corrected chi connectivity index (χ4v) is 2.62. The van der Waals surface area contributed by atoms with E-state index in [2.05, 4.69) is 21.9 Å². The van der Waals surface area contributed by atoms with Gasteiger partial charge in [-0.2, -0.15) is 0 Å². The first-order chi connectivity index (χ1) is 13.5. The van der Waals surface area contributed by atoms with Gasteiger partial charge in [0.25, 0.3) is 5.91 Å². The average Bonchev–Trinajstić information content (AvgIpc) is 2.72. The van der Waals surface area contributed by atoms with Gasteiger partial charge in [0.15, 0.2) is 0 Å². The molecule has 0 aliphatic rings. The van der Waals surface area contributed by atoms with Crippen LogP contribution in [-0.2, 0) is 11.3 Å². The van der Waals surface area contributed by atoms with Crippen molar-refractivity contribution in [2.75, 3.05) is 0 Å². The lowest BCUT2D eigenvalue weighted by molar-refractivity contribution is -0.116. The summed E-state index contributed by atoms with van der Waals surface area (Å²) < 4.78 is 13.2. The van der Waals surface area contributed by atoms with Gasteiger partial charge in [0.05, 0.1) is 11.4 Å². The lowest BCUT2D eigenvalue weighted by Crippen LogP contribution is -2.20. The standard InChI is InChI=1S/C21H17FN4O2/c1-2-20(27)25-12-14-11-24-19(13-6-8-15(22)9-7-13)10-16(14)17-4-3-5-18(26-17)21(23)28/h2-11H,1,12H2,(H2,23,28)(H,25,27). The summed E-state index contributed by atoms with van der Waals surface area (Å²) in [6.45, 7) is 3.62. The van der Waals surface area contributed by atoms with Crippen molar-refractivity contribution < 1.29 is 14.0 Å². The van der Waals surface area contributed by atoms with Gasteiger partial charge < -0.3 is 11.1 Å². The molecule has 0 spiro atoms. The van der Waals surface area contributed by atoms with E-state index in [1.54, 1.807) is 36.5 Å². The van der Waals surface area contributed by atoms with E-state index in [-0.39, 0.29) is 24.0 Å². The maximum absolute atomic E-state index is 13.2. The highest BCUT2D eigenvalue weighted by Crippen LogP contribution is 2.27. The van der Waals surface area contributed by atoms with Gasteiger partial charge >= 0.3 is 0 Å². The summed E-state index contributed by atoms with van der Waals surface area (Å²) in [5, 5.41) is 2.70. The fourth-order valence-electron chi connectivity index (χ4n) is 2.62. The molecule has 0 fully saturated rings. The quantitative estimate of drug-likeness (QED) is 0.647. The Hall–Kier alpha value is -3.87. The molecule has 0 bridgehead atoms. The highest BCUT2D eigenvalue weighted by Gasteiger charge is 2.13. The van der Waals surface area contributed by atoms with Crippen molar-refractivity contribution in [3.05, 3.63) is 84.5 Å². The Balaban J connectivity index is 2.08. The van der Waals surface area contributed by atoms with E-state index >= 15 is 0 Å². The van der Waals surface area contributed by atoms with Gasteiger partial charge in [-0.1, -0.05) is 12.6 Å². The van der Waals surface area contributed by atoms with Crippen LogP contribution in [0.5, 0.6) is 0 Å². The monoisotopic (exact) mass is 376 g/mol. The summed E-state index contributed by atoms with van der Waals surface area (Å²) in [4.78, 5) is 31.7. The molecule has 3 N–H and O–H groups in total. The van der Waals surface area contributed by atoms with Gasteiger partial charge in [0.2, 0.25) is 5.91 Å². The van der Waals surface area contributed by atoms with E-state index in [4.69, 9.17) is 5.73 Å². The smallest absolute Gasteiger partial charge is 0.267 e. The molecule has 3 rings (SSSR count). The molecule has 140 valence electrons. The molecule has 1 aromatic carbocycles. The lowest BCUT2D eigenvalue weighted by Gasteiger charge is -2.12. The van der Waals surface area contributed by atoms with Crippen LogP contribution in [0.25, 0.3) is 22.5 Å². The predicted molar refractivity (Wildman–Crippen MR) is 103 cm³/mol. The third-order valence-corrected chi connectivity index (χ3v) is 4.04. The number of amides is 2. The first-order valence-electron chi connectivity index (χ1n) is 8.40. The van der Waals surface area contributed by atoms with Crippen molar-refractivity contribution in [3.8, 4) is 22.5 Å². The number of primary amides is 1. The SMILES string of the molecule is C=CC(=O)NCc1cnc(-c2ccc(F)cc2)cc1-c1cccc(C(N)=O)n1. The maximum Gasteiger partial charge on any atom is 0.267 e. The molecular formula is C21H17FN4O2. The topological polar surface area (TPSA) is 98.0 Å². The fraction of sp³-hybridized carbons (Fsp3) is 0.0476. The van der Waals surface area contributed by atoms with Crippen molar-refractivity contribution in [1.82, 2.24) is 15.3 Å². The minimum absolute atomic E-state index is 0.124. The van der Waals surface area contributed by atoms with Crippen LogP contribution in [0.4, 0.5) is 4.39 Å². The normalized spacial score (nSPS) is 10.3. The van der Waals surface area contributed by atoms with Crippen LogP contribution in [0.2, 0.25) is 0 Å². The van der Waals surface area contributed by atoms with Crippen LogP contribution in [0.15, 0.2) is 67.4 Å². The molecule has 28 heavy (non-hydrogen) atoms. The average molecular weight is 376 g/mol. The molecule has 2 amide bonds. The van der Waals surface area contributed by atoms with Crippen molar-refractivity contribution in [2.45, 2.75) is 6.54 Å². The Labute approximate surface area is 160 Å². The number of aromatic nitrogens is 2. The number of rotatable bonds is 6. The van der Waals surface area contributed by atoms with Crippen LogP contribution >= 0.6 is 0 Å². The van der Waals surface area contributed by atoms with Crippen molar-refractivity contribution in [3.63, 3.8) is 0 Å². The molecule has 2 heterocycles. The molecule has 0 unspecified atom stereocenters. The third kappa shape index (κ3) is 4.27. The lowest BCUT2D eigenvalue weighted by atomic mass is 10.0. The van der Waals surface area contributed by atoms with Crippen LogP contribution in [0.1, 0.15) is 16.1 Å². The second kappa shape index (κ2) is 8.22. The number of nitrogens with two attached hydrogens (primary N) is 1. The Kier molecular flexibility index (Phi) is 5.55. The molecule has 7 heteroatoms. The van der Waals surface area contributed by atoms with Crippen LogP contribution < -0.4 is 11.1 Å². The van der Waals surface area contributed by atoms with Crippen molar-refractivity contribution in [2.24, 2.45) is 5.73 Å².